The fraction of sp³-hybridized carbons (Fsp3) is 0.412. The number of carbonyl (C=O) groups excluding carboxylic acids is 2. The Morgan fingerprint density at radius 1 is 1.30 bits per heavy atom. The van der Waals surface area contributed by atoms with Gasteiger partial charge in [-0.1, -0.05) is 37.6 Å². The van der Waals surface area contributed by atoms with Gasteiger partial charge in [0.25, 0.3) is 0 Å². The van der Waals surface area contributed by atoms with E-state index in [1.54, 1.807) is 18.2 Å². The van der Waals surface area contributed by atoms with Gasteiger partial charge in [-0.05, 0) is 13.3 Å². The molecule has 0 saturated carbocycles. The zero-order valence-electron chi connectivity index (χ0n) is 13.0. The summed E-state index contributed by atoms with van der Waals surface area (Å²) in [4.78, 5) is 25.1. The van der Waals surface area contributed by atoms with Gasteiger partial charge in [0.1, 0.15) is 5.57 Å². The highest BCUT2D eigenvalue weighted by atomic mass is 16.5. The molecule has 23 heavy (non-hydrogen) atoms. The van der Waals surface area contributed by atoms with E-state index >= 15 is 0 Å². The van der Waals surface area contributed by atoms with Crippen LogP contribution < -0.4 is 5.32 Å². The summed E-state index contributed by atoms with van der Waals surface area (Å²) in [5, 5.41) is 24.7. The number of allylic oxidation sites excluding steroid dienone is 1. The van der Waals surface area contributed by atoms with Crippen molar-refractivity contribution in [3.05, 3.63) is 46.7 Å². The first kappa shape index (κ1) is 15.7. The first-order valence-electron chi connectivity index (χ1n) is 7.63. The Hall–Kier alpha value is -2.18. The molecule has 3 rings (SSSR count). The summed E-state index contributed by atoms with van der Waals surface area (Å²) in [7, 11) is 0. The normalized spacial score (nSPS) is 28.4. The van der Waals surface area contributed by atoms with E-state index in [4.69, 9.17) is 4.74 Å². The van der Waals surface area contributed by atoms with Gasteiger partial charge in [0.15, 0.2) is 0 Å². The lowest BCUT2D eigenvalue weighted by Crippen LogP contribution is -2.56. The molecular weight excluding hydrogens is 298 g/mol. The number of Topliss-reactive ketones (excluding diaryl/α,β-unsaturated/α-hetero) is 1. The standard InChI is InChI=1S/C17H19NO5/c1-3-4-9-23-15(20)13-10(2)18-17(22)12-8-6-5-7-11(12)14(19)16(13,17)21/h5-8,18,21-22H,3-4,9H2,1-2H3/t16-,17-/m1/s1. The fourth-order valence-corrected chi connectivity index (χ4v) is 3.29. The first-order chi connectivity index (χ1) is 10.9. The Morgan fingerprint density at radius 3 is 2.70 bits per heavy atom. The van der Waals surface area contributed by atoms with Gasteiger partial charge in [-0.15, -0.1) is 0 Å². The first-order valence-corrected chi connectivity index (χ1v) is 7.63. The second-order valence-corrected chi connectivity index (χ2v) is 5.91. The van der Waals surface area contributed by atoms with Gasteiger partial charge in [0.2, 0.25) is 17.1 Å². The van der Waals surface area contributed by atoms with Crippen LogP contribution in [0.1, 0.15) is 42.6 Å². The third-order valence-electron chi connectivity index (χ3n) is 4.45. The summed E-state index contributed by atoms with van der Waals surface area (Å²) in [6.45, 7) is 3.68. The van der Waals surface area contributed by atoms with Crippen LogP contribution in [-0.2, 0) is 15.3 Å². The molecule has 0 amide bonds. The summed E-state index contributed by atoms with van der Waals surface area (Å²) in [6.07, 6.45) is 1.53. The predicted octanol–water partition coefficient (Wildman–Crippen LogP) is 0.980. The molecular formula is C17H19NO5. The maximum absolute atomic E-state index is 12.7. The molecule has 1 aliphatic heterocycles. The molecule has 122 valence electrons. The molecule has 1 aromatic carbocycles. The van der Waals surface area contributed by atoms with Gasteiger partial charge >= 0.3 is 5.97 Å². The Bertz CT molecular complexity index is 725. The molecule has 0 saturated heterocycles. The molecule has 0 radical (unpaired) electrons. The van der Waals surface area contributed by atoms with Crippen LogP contribution in [-0.4, -0.2) is 34.2 Å². The lowest BCUT2D eigenvalue weighted by Gasteiger charge is -2.31. The Labute approximate surface area is 133 Å². The monoisotopic (exact) mass is 317 g/mol. The minimum Gasteiger partial charge on any atom is -0.462 e. The van der Waals surface area contributed by atoms with Gasteiger partial charge in [-0.2, -0.15) is 0 Å². The van der Waals surface area contributed by atoms with Crippen molar-refractivity contribution >= 4 is 11.8 Å². The number of hydrogen-bond donors (Lipinski definition) is 3. The zero-order chi connectivity index (χ0) is 16.8. The van der Waals surface area contributed by atoms with Crippen LogP contribution in [0, 0.1) is 0 Å². The maximum atomic E-state index is 12.7. The average Bonchev–Trinajstić information content (AvgIpc) is 2.83. The van der Waals surface area contributed by atoms with Crippen LogP contribution in [0.4, 0.5) is 0 Å². The second kappa shape index (κ2) is 5.18. The largest absolute Gasteiger partial charge is 0.462 e. The Kier molecular flexibility index (Phi) is 3.54. The smallest absolute Gasteiger partial charge is 0.339 e. The highest BCUT2D eigenvalue weighted by molar-refractivity contribution is 6.16. The number of aliphatic hydroxyl groups is 2. The summed E-state index contributed by atoms with van der Waals surface area (Å²) < 4.78 is 5.14. The lowest BCUT2D eigenvalue weighted by atomic mass is 9.85. The maximum Gasteiger partial charge on any atom is 0.339 e. The van der Waals surface area contributed by atoms with E-state index < -0.39 is 23.1 Å². The summed E-state index contributed by atoms with van der Waals surface area (Å²) in [5.41, 5.74) is -3.97. The van der Waals surface area contributed by atoms with Gasteiger partial charge < -0.3 is 20.3 Å². The van der Waals surface area contributed by atoms with Gasteiger partial charge in [-0.25, -0.2) is 4.79 Å². The van der Waals surface area contributed by atoms with E-state index in [2.05, 4.69) is 5.32 Å². The number of carbonyl (C=O) groups is 2. The molecule has 2 aliphatic rings. The number of rotatable bonds is 4. The van der Waals surface area contributed by atoms with Gasteiger partial charge in [0.05, 0.1) is 6.61 Å². The zero-order valence-corrected chi connectivity index (χ0v) is 13.0. The van der Waals surface area contributed by atoms with Crippen molar-refractivity contribution in [2.24, 2.45) is 0 Å². The van der Waals surface area contributed by atoms with Crippen LogP contribution in [0.5, 0.6) is 0 Å². The van der Waals surface area contributed by atoms with E-state index in [9.17, 15) is 19.8 Å². The van der Waals surface area contributed by atoms with Crippen LogP contribution in [0.2, 0.25) is 0 Å². The number of nitrogens with one attached hydrogen (secondary N) is 1. The molecule has 0 bridgehead atoms. The summed E-state index contributed by atoms with van der Waals surface area (Å²) >= 11 is 0. The number of esters is 1. The van der Waals surface area contributed by atoms with Crippen molar-refractivity contribution < 1.29 is 24.5 Å². The van der Waals surface area contributed by atoms with E-state index in [1.807, 2.05) is 6.92 Å². The fourth-order valence-electron chi connectivity index (χ4n) is 3.29. The van der Waals surface area contributed by atoms with E-state index in [1.165, 1.54) is 13.0 Å². The molecule has 0 unspecified atom stereocenters. The number of ether oxygens (including phenoxy) is 1. The average molecular weight is 317 g/mol. The van der Waals surface area contributed by atoms with Gasteiger partial charge in [0, 0.05) is 16.8 Å². The summed E-state index contributed by atoms with van der Waals surface area (Å²) in [6, 6.07) is 6.37. The van der Waals surface area contributed by atoms with E-state index in [0.29, 0.717) is 6.42 Å². The minimum atomic E-state index is -2.37. The van der Waals surface area contributed by atoms with Gasteiger partial charge in [-0.3, -0.25) is 4.79 Å². The van der Waals surface area contributed by atoms with Crippen LogP contribution in [0.15, 0.2) is 35.5 Å². The van der Waals surface area contributed by atoms with Crippen LogP contribution >= 0.6 is 0 Å². The van der Waals surface area contributed by atoms with Crippen molar-refractivity contribution in [1.29, 1.82) is 0 Å². The van der Waals surface area contributed by atoms with Crippen molar-refractivity contribution in [1.82, 2.24) is 5.32 Å². The molecule has 2 atom stereocenters. The highest BCUT2D eigenvalue weighted by Gasteiger charge is 2.70. The molecule has 0 aromatic heterocycles. The highest BCUT2D eigenvalue weighted by Crippen LogP contribution is 2.51. The topological polar surface area (TPSA) is 95.9 Å². The molecule has 1 aromatic rings. The molecule has 3 N–H and O–H groups in total. The lowest BCUT2D eigenvalue weighted by molar-refractivity contribution is -0.147. The van der Waals surface area contributed by atoms with Crippen molar-refractivity contribution in [2.75, 3.05) is 6.61 Å². The van der Waals surface area contributed by atoms with E-state index in [-0.39, 0.29) is 29.0 Å². The third kappa shape index (κ3) is 1.88. The van der Waals surface area contributed by atoms with Crippen LogP contribution in [0.25, 0.3) is 0 Å². The molecule has 0 fully saturated rings. The predicted molar refractivity (Wildman–Crippen MR) is 81.3 cm³/mol. The number of hydrogen-bond acceptors (Lipinski definition) is 6. The Balaban J connectivity index is 2.04. The molecule has 1 aliphatic carbocycles. The van der Waals surface area contributed by atoms with E-state index in [0.717, 1.165) is 6.42 Å². The van der Waals surface area contributed by atoms with Crippen LogP contribution in [0.3, 0.4) is 0 Å². The number of ketones is 1. The van der Waals surface area contributed by atoms with Crippen molar-refractivity contribution in [3.8, 4) is 0 Å². The molecule has 6 heteroatoms. The second-order valence-electron chi connectivity index (χ2n) is 5.91. The third-order valence-corrected chi connectivity index (χ3v) is 4.45. The number of fused-ring (bicyclic) bond motifs is 3. The SMILES string of the molecule is CCCCOC(=O)C1=C(C)N[C@@]2(O)c3ccccc3C(=O)[C@]12O. The number of unbranched alkanes of at least 4 members (excludes halogenated alkanes) is 1. The van der Waals surface area contributed by atoms with Crippen molar-refractivity contribution in [3.63, 3.8) is 0 Å². The molecule has 6 nitrogen and oxygen atoms in total. The minimum absolute atomic E-state index is 0.191. The quantitative estimate of drug-likeness (QED) is 0.566. The number of benzene rings is 1. The molecule has 1 heterocycles. The Morgan fingerprint density at radius 2 is 2.00 bits per heavy atom. The summed E-state index contributed by atoms with van der Waals surface area (Å²) in [5.74, 6) is -1.49. The van der Waals surface area contributed by atoms with Crippen molar-refractivity contribution in [2.45, 2.75) is 38.0 Å². The molecule has 0 spiro atoms.